The number of nitrogens with zero attached hydrogens (tertiary/aromatic N) is 14. The van der Waals surface area contributed by atoms with Crippen molar-refractivity contribution in [2.75, 3.05) is 88.3 Å². The molecule has 2 saturated carbocycles. The van der Waals surface area contributed by atoms with Crippen molar-refractivity contribution in [3.05, 3.63) is 77.9 Å². The zero-order chi connectivity index (χ0) is 53.7. The summed E-state index contributed by atoms with van der Waals surface area (Å²) in [5.74, 6) is 1.84. The Hall–Kier alpha value is -6.77. The average Bonchev–Trinajstić information content (AvgIpc) is 3.85. The van der Waals surface area contributed by atoms with E-state index in [1.165, 1.54) is 38.5 Å². The fraction of sp³-hybridized carbons (Fsp3) is 0.544. The molecule has 8 fully saturated rings. The van der Waals surface area contributed by atoms with Crippen molar-refractivity contribution in [1.82, 2.24) is 58.6 Å². The number of nitrogen functional groups attached to an aromatic ring is 1. The maximum Gasteiger partial charge on any atom is 0.270 e. The van der Waals surface area contributed by atoms with Crippen molar-refractivity contribution in [2.24, 2.45) is 0 Å². The number of rotatable bonds is 8. The van der Waals surface area contributed by atoms with Crippen LogP contribution < -0.4 is 20.9 Å². The van der Waals surface area contributed by atoms with E-state index >= 15 is 0 Å². The van der Waals surface area contributed by atoms with Crippen molar-refractivity contribution in [3.8, 4) is 0 Å². The molecule has 4 bridgehead atoms. The molecule has 8 aliphatic rings. The Labute approximate surface area is 462 Å². The Bertz CT molecular complexity index is 3040. The molecule has 6 saturated heterocycles. The van der Waals surface area contributed by atoms with E-state index in [-0.39, 0.29) is 48.4 Å². The van der Waals surface area contributed by atoms with Gasteiger partial charge in [0.15, 0.2) is 0 Å². The molecule has 0 atom stereocenters. The van der Waals surface area contributed by atoms with Gasteiger partial charge in [-0.2, -0.15) is 9.97 Å². The summed E-state index contributed by atoms with van der Waals surface area (Å²) in [4.78, 5) is 88.7. The Morgan fingerprint density at radius 3 is 1.45 bits per heavy atom. The van der Waals surface area contributed by atoms with Gasteiger partial charge < -0.3 is 39.8 Å². The first kappa shape index (κ1) is 56.0. The summed E-state index contributed by atoms with van der Waals surface area (Å²) < 4.78 is 4.23. The Kier molecular flexibility index (Phi) is 17.9. The molecule has 0 radical (unpaired) electrons. The summed E-state index contributed by atoms with van der Waals surface area (Å²) in [6.45, 7) is 5.00. The molecule has 416 valence electrons. The Morgan fingerprint density at radius 2 is 1.01 bits per heavy atom. The van der Waals surface area contributed by atoms with E-state index in [1.54, 1.807) is 68.8 Å². The first-order valence-corrected chi connectivity index (χ1v) is 28.1. The van der Waals surface area contributed by atoms with E-state index in [9.17, 15) is 19.2 Å². The predicted molar refractivity (Wildman–Crippen MR) is 306 cm³/mol. The molecule has 21 heteroatoms. The topological polar surface area (TPSA) is 213 Å². The van der Waals surface area contributed by atoms with Crippen molar-refractivity contribution in [1.29, 1.82) is 0 Å². The average molecular weight is 1090 g/mol. The zero-order valence-electron chi connectivity index (χ0n) is 45.0. The molecule has 0 spiro atoms. The SMILES string of the molecule is C.CN(C)C(=O)c1cc2cnc(Cl)nc2n1C1CCCCCC1.CN(C)C(=O)c1cc2cnc(Nc3ccc(N4C(=O)CN5CCC4CC5)cn3)nc2n1C1CCCCCC1.Nc1ccc(N2C(=O)CN3CCC2CC3)cn1. The minimum absolute atomic E-state index is 0. The van der Waals surface area contributed by atoms with Gasteiger partial charge in [0.2, 0.25) is 23.0 Å². The molecule has 12 heterocycles. The summed E-state index contributed by atoms with van der Waals surface area (Å²) in [6, 6.07) is 12.4. The standard InChI is InChI=1S/C28H36N8O2.C16H21ClN4O.C12H16N4O.CH4/c1-33(2)27(38)23-15-19-16-30-28(32-26(19)36(23)20-7-5-3-4-6-8-20)31-24-10-9-22(17-29-24)35-21-11-13-34(14-12-21)18-25(35)37;1-20(2)15(22)13-9-11-10-18-16(17)19-14(11)21(13)12-7-5-3-4-6-8-12;13-11-2-1-10(7-14-11)16-9-3-5-15(6-4-9)8-12(16)17;/h9-10,15-17,20-21H,3-8,11-14,18H2,1-2H3,(H,29,30,31,32);9-10,12H,3-8H2,1-2H3;1-2,7,9H,3-6,8H2,(H2,13,14);1H4. The van der Waals surface area contributed by atoms with E-state index < -0.39 is 0 Å². The van der Waals surface area contributed by atoms with Gasteiger partial charge in [-0.15, -0.1) is 0 Å². The van der Waals surface area contributed by atoms with Crippen LogP contribution in [-0.2, 0) is 9.59 Å². The summed E-state index contributed by atoms with van der Waals surface area (Å²) in [5, 5.41) is 5.19. The number of halogens is 1. The number of aromatic nitrogens is 8. The van der Waals surface area contributed by atoms with Crippen molar-refractivity contribution in [2.45, 2.75) is 134 Å². The second kappa shape index (κ2) is 24.9. The number of hydrogen-bond acceptors (Lipinski definition) is 14. The molecular weight excluding hydrogens is 1010 g/mol. The lowest BCUT2D eigenvalue weighted by Crippen LogP contribution is -2.40. The number of hydrogen-bond donors (Lipinski definition) is 2. The molecule has 6 aliphatic heterocycles. The molecule has 4 amide bonds. The normalized spacial score (nSPS) is 21.8. The number of anilines is 5. The fourth-order valence-corrected chi connectivity index (χ4v) is 12.3. The summed E-state index contributed by atoms with van der Waals surface area (Å²) in [5.41, 5.74) is 10.2. The first-order valence-electron chi connectivity index (χ1n) is 27.7. The van der Waals surface area contributed by atoms with Gasteiger partial charge in [0.25, 0.3) is 11.8 Å². The number of nitrogens with two attached hydrogens (primary N) is 1. The molecule has 0 aromatic carbocycles. The lowest BCUT2D eigenvalue weighted by molar-refractivity contribution is -0.119. The van der Waals surface area contributed by atoms with Crippen LogP contribution in [0.15, 0.2) is 61.2 Å². The van der Waals surface area contributed by atoms with Crippen LogP contribution in [0, 0.1) is 0 Å². The lowest BCUT2D eigenvalue weighted by atomic mass is 10.0. The third-order valence-electron chi connectivity index (χ3n) is 16.2. The van der Waals surface area contributed by atoms with Gasteiger partial charge in [0.05, 0.1) is 36.9 Å². The van der Waals surface area contributed by atoms with Crippen LogP contribution in [0.25, 0.3) is 22.1 Å². The van der Waals surface area contributed by atoms with E-state index in [1.807, 2.05) is 40.1 Å². The predicted octanol–water partition coefficient (Wildman–Crippen LogP) is 8.77. The van der Waals surface area contributed by atoms with Gasteiger partial charge in [-0.25, -0.2) is 19.9 Å². The number of carbonyl (C=O) groups excluding carboxylic acids is 4. The quantitative estimate of drug-likeness (QED) is 0.108. The summed E-state index contributed by atoms with van der Waals surface area (Å²) >= 11 is 5.98. The van der Waals surface area contributed by atoms with Gasteiger partial charge in [-0.05, 0) is 99.4 Å². The van der Waals surface area contributed by atoms with Crippen LogP contribution >= 0.6 is 11.6 Å². The highest BCUT2D eigenvalue weighted by Gasteiger charge is 2.36. The van der Waals surface area contributed by atoms with Gasteiger partial charge >= 0.3 is 0 Å². The molecule has 20 nitrogen and oxygen atoms in total. The minimum atomic E-state index is -0.0209. The maximum absolute atomic E-state index is 13.1. The third kappa shape index (κ3) is 12.4. The molecule has 6 aromatic heterocycles. The van der Waals surface area contributed by atoms with Crippen molar-refractivity contribution >= 4 is 86.3 Å². The van der Waals surface area contributed by atoms with Crippen molar-refractivity contribution in [3.63, 3.8) is 0 Å². The zero-order valence-corrected chi connectivity index (χ0v) is 45.7. The highest BCUT2D eigenvalue weighted by Crippen LogP contribution is 2.36. The van der Waals surface area contributed by atoms with Crippen LogP contribution in [0.3, 0.4) is 0 Å². The monoisotopic (exact) mass is 1080 g/mol. The minimum Gasteiger partial charge on any atom is -0.384 e. The van der Waals surface area contributed by atoms with Gasteiger partial charge in [0.1, 0.15) is 34.3 Å². The summed E-state index contributed by atoms with van der Waals surface area (Å²) in [6.07, 6.45) is 25.0. The van der Waals surface area contributed by atoms with Crippen molar-refractivity contribution < 1.29 is 19.2 Å². The fourth-order valence-electron chi connectivity index (χ4n) is 12.2. The number of carbonyl (C=O) groups is 4. The molecule has 78 heavy (non-hydrogen) atoms. The maximum atomic E-state index is 13.1. The van der Waals surface area contributed by atoms with E-state index in [0.717, 1.165) is 124 Å². The second-order valence-electron chi connectivity index (χ2n) is 21.9. The Balaban J connectivity index is 0.000000156. The molecule has 3 N–H and O–H groups in total. The number of nitrogens with one attached hydrogen (secondary N) is 1. The second-order valence-corrected chi connectivity index (χ2v) is 22.2. The molecule has 14 rings (SSSR count). The van der Waals surface area contributed by atoms with Crippen LogP contribution in [0.5, 0.6) is 0 Å². The molecule has 0 unspecified atom stereocenters. The molecule has 2 aliphatic carbocycles. The number of fused-ring (bicyclic) bond motifs is 10. The van der Waals surface area contributed by atoms with Crippen LogP contribution in [0.4, 0.5) is 29.0 Å². The van der Waals surface area contributed by atoms with Crippen LogP contribution in [0.2, 0.25) is 5.28 Å². The van der Waals surface area contributed by atoms with Gasteiger partial charge in [0, 0.05) is 102 Å². The highest BCUT2D eigenvalue weighted by molar-refractivity contribution is 6.28. The number of amides is 4. The van der Waals surface area contributed by atoms with Crippen LogP contribution in [0.1, 0.15) is 143 Å². The summed E-state index contributed by atoms with van der Waals surface area (Å²) in [7, 11) is 7.12. The highest BCUT2D eigenvalue weighted by atomic mass is 35.5. The third-order valence-corrected chi connectivity index (χ3v) is 16.3. The smallest absolute Gasteiger partial charge is 0.270 e. The molecule has 6 aromatic rings. The molecular formula is C57H77ClN16O4. The number of pyridine rings is 2. The van der Waals surface area contributed by atoms with E-state index in [0.29, 0.717) is 54.1 Å². The number of piperidine rings is 2. The lowest BCUT2D eigenvalue weighted by Gasteiger charge is -2.31. The van der Waals surface area contributed by atoms with Gasteiger partial charge in [-0.1, -0.05) is 58.8 Å². The first-order chi connectivity index (χ1) is 37.3. The Morgan fingerprint density at radius 1 is 0.564 bits per heavy atom. The van der Waals surface area contributed by atoms with E-state index in [2.05, 4.69) is 49.2 Å². The van der Waals surface area contributed by atoms with Crippen LogP contribution in [-0.4, -0.2) is 162 Å². The van der Waals surface area contributed by atoms with Gasteiger partial charge in [-0.3, -0.25) is 29.0 Å². The van der Waals surface area contributed by atoms with E-state index in [4.69, 9.17) is 22.3 Å². The largest absolute Gasteiger partial charge is 0.384 e.